The van der Waals surface area contributed by atoms with Gasteiger partial charge in [-0.1, -0.05) is 11.8 Å². The molecule has 0 aliphatic rings. The predicted molar refractivity (Wildman–Crippen MR) is 78.8 cm³/mol. The van der Waals surface area contributed by atoms with E-state index in [2.05, 4.69) is 32.3 Å². The maximum atomic E-state index is 12.2. The molecule has 0 fully saturated rings. The number of nitrogens with one attached hydrogen (secondary N) is 2. The van der Waals surface area contributed by atoms with Gasteiger partial charge in [-0.05, 0) is 19.9 Å². The lowest BCUT2D eigenvalue weighted by molar-refractivity contribution is 0.102. The Morgan fingerprint density at radius 2 is 2.24 bits per heavy atom. The average Bonchev–Trinajstić information content (AvgIpc) is 2.80. The summed E-state index contributed by atoms with van der Waals surface area (Å²) in [5.41, 5.74) is 3.26. The van der Waals surface area contributed by atoms with Gasteiger partial charge in [-0.2, -0.15) is 5.10 Å². The highest BCUT2D eigenvalue weighted by Gasteiger charge is 2.12. The van der Waals surface area contributed by atoms with Gasteiger partial charge in [0.2, 0.25) is 0 Å². The Morgan fingerprint density at radius 3 is 2.90 bits per heavy atom. The zero-order valence-electron chi connectivity index (χ0n) is 11.9. The van der Waals surface area contributed by atoms with Crippen LogP contribution in [0.15, 0.2) is 18.5 Å². The van der Waals surface area contributed by atoms with Crippen molar-refractivity contribution >= 4 is 11.6 Å². The Hall–Kier alpha value is -2.65. The van der Waals surface area contributed by atoms with Gasteiger partial charge in [0, 0.05) is 24.4 Å². The number of anilines is 1. The second kappa shape index (κ2) is 6.68. The summed E-state index contributed by atoms with van der Waals surface area (Å²) in [7, 11) is 0. The number of aliphatic hydroxyl groups excluding tert-OH is 1. The minimum Gasteiger partial charge on any atom is -0.395 e. The fourth-order valence-corrected chi connectivity index (χ4v) is 1.77. The molecule has 6 nitrogen and oxygen atoms in total. The molecule has 2 aromatic rings. The van der Waals surface area contributed by atoms with Gasteiger partial charge in [-0.15, -0.1) is 0 Å². The molecular formula is C15H16N4O2. The Morgan fingerprint density at radius 1 is 1.43 bits per heavy atom. The number of amides is 1. The largest absolute Gasteiger partial charge is 0.395 e. The molecule has 0 aliphatic carbocycles. The smallest absolute Gasteiger partial charge is 0.257 e. The van der Waals surface area contributed by atoms with Crippen molar-refractivity contribution in [1.82, 2.24) is 15.2 Å². The molecule has 0 radical (unpaired) electrons. The predicted octanol–water partition coefficient (Wildman–Crippen LogP) is 1.41. The van der Waals surface area contributed by atoms with Crippen molar-refractivity contribution in [1.29, 1.82) is 0 Å². The van der Waals surface area contributed by atoms with Crippen molar-refractivity contribution in [3.63, 3.8) is 0 Å². The van der Waals surface area contributed by atoms with Crippen LogP contribution in [-0.2, 0) is 0 Å². The Bertz CT molecular complexity index is 690. The molecule has 0 unspecified atom stereocenters. The Kier molecular flexibility index (Phi) is 4.69. The molecule has 0 aromatic carbocycles. The number of hydrogen-bond acceptors (Lipinski definition) is 4. The molecule has 0 atom stereocenters. The third-order valence-electron chi connectivity index (χ3n) is 2.84. The van der Waals surface area contributed by atoms with Crippen LogP contribution in [0.3, 0.4) is 0 Å². The van der Waals surface area contributed by atoms with Crippen molar-refractivity contribution in [2.75, 3.05) is 11.9 Å². The summed E-state index contributed by atoms with van der Waals surface area (Å²) in [5, 5.41) is 18.3. The first-order chi connectivity index (χ1) is 10.1. The van der Waals surface area contributed by atoms with E-state index in [0.717, 1.165) is 11.4 Å². The highest BCUT2D eigenvalue weighted by molar-refractivity contribution is 6.04. The summed E-state index contributed by atoms with van der Waals surface area (Å²) in [4.78, 5) is 16.2. The van der Waals surface area contributed by atoms with Gasteiger partial charge in [-0.3, -0.25) is 14.9 Å². The summed E-state index contributed by atoms with van der Waals surface area (Å²) < 4.78 is 0. The van der Waals surface area contributed by atoms with Gasteiger partial charge in [0.05, 0.1) is 29.2 Å². The molecule has 2 rings (SSSR count). The van der Waals surface area contributed by atoms with Crippen LogP contribution < -0.4 is 5.32 Å². The van der Waals surface area contributed by atoms with E-state index in [1.807, 2.05) is 13.8 Å². The van der Waals surface area contributed by atoms with E-state index in [9.17, 15) is 4.79 Å². The molecule has 2 aromatic heterocycles. The Balaban J connectivity index is 2.17. The summed E-state index contributed by atoms with van der Waals surface area (Å²) >= 11 is 0. The molecule has 0 spiro atoms. The molecule has 0 bridgehead atoms. The highest BCUT2D eigenvalue weighted by Crippen LogP contribution is 2.17. The minimum atomic E-state index is -0.263. The first-order valence-corrected chi connectivity index (χ1v) is 6.49. The molecule has 0 aliphatic heterocycles. The van der Waals surface area contributed by atoms with Crippen LogP contribution in [-0.4, -0.2) is 32.8 Å². The lowest BCUT2D eigenvalue weighted by Gasteiger charge is -2.05. The van der Waals surface area contributed by atoms with Crippen molar-refractivity contribution in [3.8, 4) is 11.8 Å². The summed E-state index contributed by atoms with van der Waals surface area (Å²) in [6.07, 6.45) is 3.46. The standard InChI is InChI=1S/C15H16N4O2/c1-10-14(11(2)19-18-10)17-15(21)13-7-12(8-16-9-13)5-3-4-6-20/h7-9,20H,4,6H2,1-2H3,(H,17,21)(H,18,19). The van der Waals surface area contributed by atoms with Crippen LogP contribution in [0.2, 0.25) is 0 Å². The van der Waals surface area contributed by atoms with Gasteiger partial charge < -0.3 is 10.4 Å². The van der Waals surface area contributed by atoms with Crippen LogP contribution in [0.5, 0.6) is 0 Å². The summed E-state index contributed by atoms with van der Waals surface area (Å²) in [6, 6.07) is 1.66. The van der Waals surface area contributed by atoms with Crippen LogP contribution in [0, 0.1) is 25.7 Å². The first-order valence-electron chi connectivity index (χ1n) is 6.49. The van der Waals surface area contributed by atoms with Crippen molar-refractivity contribution in [2.24, 2.45) is 0 Å². The number of carbonyl (C=O) groups excluding carboxylic acids is 1. The number of H-pyrrole nitrogens is 1. The number of rotatable bonds is 3. The van der Waals surface area contributed by atoms with Crippen LogP contribution in [0.25, 0.3) is 0 Å². The number of aliphatic hydroxyl groups is 1. The van der Waals surface area contributed by atoms with Gasteiger partial charge in [-0.25, -0.2) is 0 Å². The molecule has 0 saturated heterocycles. The van der Waals surface area contributed by atoms with Crippen LogP contribution in [0.1, 0.15) is 33.7 Å². The lowest BCUT2D eigenvalue weighted by atomic mass is 10.2. The topological polar surface area (TPSA) is 90.9 Å². The zero-order chi connectivity index (χ0) is 15.2. The van der Waals surface area contributed by atoms with E-state index in [1.165, 1.54) is 6.20 Å². The van der Waals surface area contributed by atoms with E-state index in [-0.39, 0.29) is 12.5 Å². The third-order valence-corrected chi connectivity index (χ3v) is 2.84. The average molecular weight is 284 g/mol. The molecule has 3 N–H and O–H groups in total. The maximum Gasteiger partial charge on any atom is 0.257 e. The van der Waals surface area contributed by atoms with Gasteiger partial charge in [0.1, 0.15) is 0 Å². The first kappa shape index (κ1) is 14.8. The number of hydrogen-bond donors (Lipinski definition) is 3. The van der Waals surface area contributed by atoms with Gasteiger partial charge in [0.25, 0.3) is 5.91 Å². The minimum absolute atomic E-state index is 0.0135. The molecule has 6 heteroatoms. The number of aryl methyl sites for hydroxylation is 2. The second-order valence-electron chi connectivity index (χ2n) is 4.50. The highest BCUT2D eigenvalue weighted by atomic mass is 16.2. The zero-order valence-corrected chi connectivity index (χ0v) is 11.9. The van der Waals surface area contributed by atoms with Crippen molar-refractivity contribution in [3.05, 3.63) is 41.0 Å². The summed E-state index contributed by atoms with van der Waals surface area (Å²) in [6.45, 7) is 3.67. The third kappa shape index (κ3) is 3.68. The fourth-order valence-electron chi connectivity index (χ4n) is 1.77. The molecule has 108 valence electrons. The quantitative estimate of drug-likeness (QED) is 0.743. The van der Waals surface area contributed by atoms with Crippen molar-refractivity contribution < 1.29 is 9.90 Å². The molecule has 0 saturated carbocycles. The SMILES string of the molecule is Cc1n[nH]c(C)c1NC(=O)c1cncc(C#CCCO)c1. The van der Waals surface area contributed by atoms with Crippen LogP contribution >= 0.6 is 0 Å². The van der Waals surface area contributed by atoms with E-state index >= 15 is 0 Å². The van der Waals surface area contributed by atoms with E-state index in [1.54, 1.807) is 12.3 Å². The van der Waals surface area contributed by atoms with Gasteiger partial charge in [0.15, 0.2) is 0 Å². The fraction of sp³-hybridized carbons (Fsp3) is 0.267. The summed E-state index contributed by atoms with van der Waals surface area (Å²) in [5.74, 6) is 5.38. The van der Waals surface area contributed by atoms with Gasteiger partial charge >= 0.3 is 0 Å². The number of pyridine rings is 1. The van der Waals surface area contributed by atoms with Crippen molar-refractivity contribution in [2.45, 2.75) is 20.3 Å². The maximum absolute atomic E-state index is 12.2. The molecule has 2 heterocycles. The number of aromatic amines is 1. The molecule has 1 amide bonds. The van der Waals surface area contributed by atoms with E-state index < -0.39 is 0 Å². The van der Waals surface area contributed by atoms with E-state index in [4.69, 9.17) is 5.11 Å². The van der Waals surface area contributed by atoms with E-state index in [0.29, 0.717) is 23.2 Å². The Labute approximate surface area is 122 Å². The number of carbonyl (C=O) groups is 1. The normalized spacial score (nSPS) is 9.86. The number of nitrogens with zero attached hydrogens (tertiary/aromatic N) is 2. The van der Waals surface area contributed by atoms with Crippen LogP contribution in [0.4, 0.5) is 5.69 Å². The lowest BCUT2D eigenvalue weighted by Crippen LogP contribution is -2.13. The second-order valence-corrected chi connectivity index (χ2v) is 4.50. The molecule has 21 heavy (non-hydrogen) atoms. The number of aromatic nitrogens is 3. The monoisotopic (exact) mass is 284 g/mol. The molecular weight excluding hydrogens is 268 g/mol.